The van der Waals surface area contributed by atoms with Crippen molar-refractivity contribution in [2.75, 3.05) is 6.61 Å². The highest BCUT2D eigenvalue weighted by atomic mass is 16.5. The predicted molar refractivity (Wildman–Crippen MR) is 57.7 cm³/mol. The van der Waals surface area contributed by atoms with Crippen molar-refractivity contribution in [1.82, 2.24) is 0 Å². The SMILES string of the molecule is CC(C)CCCOc1cccc(O)c1. The standard InChI is InChI=1S/C12H18O2/c1-10(2)5-4-8-14-12-7-3-6-11(13)9-12/h3,6-7,9-10,13H,4-5,8H2,1-2H3. The summed E-state index contributed by atoms with van der Waals surface area (Å²) in [6.07, 6.45) is 2.24. The Labute approximate surface area is 85.5 Å². The number of aromatic hydroxyl groups is 1. The first kappa shape index (κ1) is 10.9. The van der Waals surface area contributed by atoms with Crippen LogP contribution < -0.4 is 4.74 Å². The lowest BCUT2D eigenvalue weighted by Crippen LogP contribution is -1.99. The van der Waals surface area contributed by atoms with Gasteiger partial charge in [-0.3, -0.25) is 0 Å². The molecule has 14 heavy (non-hydrogen) atoms. The zero-order valence-electron chi connectivity index (χ0n) is 8.86. The normalized spacial score (nSPS) is 10.5. The summed E-state index contributed by atoms with van der Waals surface area (Å²) in [7, 11) is 0. The van der Waals surface area contributed by atoms with Crippen LogP contribution in [0.5, 0.6) is 11.5 Å². The molecule has 0 saturated heterocycles. The van der Waals surface area contributed by atoms with Crippen LogP contribution in [0, 0.1) is 5.92 Å². The van der Waals surface area contributed by atoms with E-state index in [1.54, 1.807) is 18.2 Å². The van der Waals surface area contributed by atoms with Gasteiger partial charge in [0, 0.05) is 6.07 Å². The zero-order valence-corrected chi connectivity index (χ0v) is 8.86. The fourth-order valence-electron chi connectivity index (χ4n) is 1.25. The summed E-state index contributed by atoms with van der Waals surface area (Å²) in [5, 5.41) is 9.18. The molecule has 0 aliphatic carbocycles. The van der Waals surface area contributed by atoms with E-state index in [0.717, 1.165) is 24.7 Å². The molecule has 0 spiro atoms. The summed E-state index contributed by atoms with van der Waals surface area (Å²) in [4.78, 5) is 0. The Morgan fingerprint density at radius 2 is 2.14 bits per heavy atom. The summed E-state index contributed by atoms with van der Waals surface area (Å²) in [6.45, 7) is 5.13. The van der Waals surface area contributed by atoms with Crippen LogP contribution in [0.1, 0.15) is 26.7 Å². The van der Waals surface area contributed by atoms with Crippen molar-refractivity contribution in [3.8, 4) is 11.5 Å². The molecule has 1 N–H and O–H groups in total. The lowest BCUT2D eigenvalue weighted by molar-refractivity contribution is 0.296. The zero-order chi connectivity index (χ0) is 10.4. The number of rotatable bonds is 5. The molecule has 0 saturated carbocycles. The third kappa shape index (κ3) is 4.17. The minimum Gasteiger partial charge on any atom is -0.508 e. The van der Waals surface area contributed by atoms with Crippen LogP contribution in [0.2, 0.25) is 0 Å². The van der Waals surface area contributed by atoms with Crippen molar-refractivity contribution < 1.29 is 9.84 Å². The first-order valence-corrected chi connectivity index (χ1v) is 5.10. The number of phenolic OH excluding ortho intramolecular Hbond substituents is 1. The second-order valence-corrected chi connectivity index (χ2v) is 3.88. The Morgan fingerprint density at radius 3 is 2.79 bits per heavy atom. The van der Waals surface area contributed by atoms with Gasteiger partial charge in [0.2, 0.25) is 0 Å². The van der Waals surface area contributed by atoms with E-state index in [-0.39, 0.29) is 5.75 Å². The molecular formula is C12H18O2. The maximum Gasteiger partial charge on any atom is 0.122 e. The summed E-state index contributed by atoms with van der Waals surface area (Å²) in [6, 6.07) is 6.92. The van der Waals surface area contributed by atoms with Gasteiger partial charge in [-0.15, -0.1) is 0 Å². The van der Waals surface area contributed by atoms with E-state index in [1.807, 2.05) is 6.07 Å². The number of hydrogen-bond donors (Lipinski definition) is 1. The minimum atomic E-state index is 0.256. The lowest BCUT2D eigenvalue weighted by Gasteiger charge is -2.07. The maximum atomic E-state index is 9.18. The first-order chi connectivity index (χ1) is 6.68. The Kier molecular flexibility index (Phi) is 4.30. The Hall–Kier alpha value is -1.18. The highest BCUT2D eigenvalue weighted by Gasteiger charge is 1.96. The van der Waals surface area contributed by atoms with Crippen LogP contribution in [-0.2, 0) is 0 Å². The predicted octanol–water partition coefficient (Wildman–Crippen LogP) is 3.21. The second kappa shape index (κ2) is 5.53. The van der Waals surface area contributed by atoms with Crippen LogP contribution in [0.4, 0.5) is 0 Å². The number of benzene rings is 1. The average molecular weight is 194 g/mol. The van der Waals surface area contributed by atoms with Crippen molar-refractivity contribution >= 4 is 0 Å². The van der Waals surface area contributed by atoms with E-state index in [2.05, 4.69) is 13.8 Å². The summed E-state index contributed by atoms with van der Waals surface area (Å²) in [5.41, 5.74) is 0. The van der Waals surface area contributed by atoms with Crippen LogP contribution >= 0.6 is 0 Å². The molecule has 0 heterocycles. The molecule has 78 valence electrons. The molecule has 2 heteroatoms. The molecule has 0 fully saturated rings. The van der Waals surface area contributed by atoms with Gasteiger partial charge in [0.15, 0.2) is 0 Å². The fourth-order valence-corrected chi connectivity index (χ4v) is 1.25. The lowest BCUT2D eigenvalue weighted by atomic mass is 10.1. The number of phenols is 1. The van der Waals surface area contributed by atoms with Gasteiger partial charge in [0.25, 0.3) is 0 Å². The van der Waals surface area contributed by atoms with E-state index in [9.17, 15) is 5.11 Å². The molecule has 1 aromatic carbocycles. The summed E-state index contributed by atoms with van der Waals surface area (Å²) >= 11 is 0. The Morgan fingerprint density at radius 1 is 1.36 bits per heavy atom. The van der Waals surface area contributed by atoms with Gasteiger partial charge in [0.05, 0.1) is 6.61 Å². The molecule has 0 unspecified atom stereocenters. The van der Waals surface area contributed by atoms with Gasteiger partial charge in [-0.25, -0.2) is 0 Å². The molecule has 0 radical (unpaired) electrons. The molecule has 1 aromatic rings. The molecule has 0 aromatic heterocycles. The molecule has 1 rings (SSSR count). The van der Waals surface area contributed by atoms with Gasteiger partial charge in [-0.05, 0) is 30.9 Å². The van der Waals surface area contributed by atoms with Gasteiger partial charge in [0.1, 0.15) is 11.5 Å². The molecule has 0 aliphatic heterocycles. The topological polar surface area (TPSA) is 29.5 Å². The average Bonchev–Trinajstić information content (AvgIpc) is 2.12. The first-order valence-electron chi connectivity index (χ1n) is 5.10. The summed E-state index contributed by atoms with van der Waals surface area (Å²) < 4.78 is 5.48. The number of hydrogen-bond acceptors (Lipinski definition) is 2. The van der Waals surface area contributed by atoms with E-state index >= 15 is 0 Å². The quantitative estimate of drug-likeness (QED) is 0.729. The molecule has 0 bridgehead atoms. The molecule has 2 nitrogen and oxygen atoms in total. The van der Waals surface area contributed by atoms with E-state index in [4.69, 9.17) is 4.74 Å². The molecular weight excluding hydrogens is 176 g/mol. The minimum absolute atomic E-state index is 0.256. The molecule has 0 aliphatic rings. The Bertz CT molecular complexity index is 269. The van der Waals surface area contributed by atoms with E-state index in [1.165, 1.54) is 6.42 Å². The second-order valence-electron chi connectivity index (χ2n) is 3.88. The van der Waals surface area contributed by atoms with Crippen LogP contribution in [-0.4, -0.2) is 11.7 Å². The van der Waals surface area contributed by atoms with Crippen molar-refractivity contribution in [2.45, 2.75) is 26.7 Å². The van der Waals surface area contributed by atoms with Crippen LogP contribution in [0.3, 0.4) is 0 Å². The Balaban J connectivity index is 2.25. The molecule has 0 atom stereocenters. The van der Waals surface area contributed by atoms with E-state index in [0.29, 0.717) is 0 Å². The van der Waals surface area contributed by atoms with Gasteiger partial charge in [-0.1, -0.05) is 19.9 Å². The summed E-state index contributed by atoms with van der Waals surface area (Å²) in [5.74, 6) is 1.72. The monoisotopic (exact) mass is 194 g/mol. The van der Waals surface area contributed by atoms with Crippen molar-refractivity contribution in [3.05, 3.63) is 24.3 Å². The van der Waals surface area contributed by atoms with E-state index < -0.39 is 0 Å². The van der Waals surface area contributed by atoms with Gasteiger partial charge in [-0.2, -0.15) is 0 Å². The maximum absolute atomic E-state index is 9.18. The van der Waals surface area contributed by atoms with Crippen molar-refractivity contribution in [2.24, 2.45) is 5.92 Å². The highest BCUT2D eigenvalue weighted by molar-refractivity contribution is 5.31. The van der Waals surface area contributed by atoms with Gasteiger partial charge < -0.3 is 9.84 Å². The van der Waals surface area contributed by atoms with Crippen LogP contribution in [0.15, 0.2) is 24.3 Å². The molecule has 0 amide bonds. The largest absolute Gasteiger partial charge is 0.508 e. The smallest absolute Gasteiger partial charge is 0.122 e. The van der Waals surface area contributed by atoms with Crippen molar-refractivity contribution in [1.29, 1.82) is 0 Å². The van der Waals surface area contributed by atoms with Crippen LogP contribution in [0.25, 0.3) is 0 Å². The van der Waals surface area contributed by atoms with Crippen molar-refractivity contribution in [3.63, 3.8) is 0 Å². The highest BCUT2D eigenvalue weighted by Crippen LogP contribution is 2.18. The number of ether oxygens (including phenoxy) is 1. The third-order valence-corrected chi connectivity index (χ3v) is 2.01. The third-order valence-electron chi connectivity index (χ3n) is 2.01. The van der Waals surface area contributed by atoms with Gasteiger partial charge >= 0.3 is 0 Å². The fraction of sp³-hybridized carbons (Fsp3) is 0.500.